The Kier molecular flexibility index (Phi) is 2.03. The Morgan fingerprint density at radius 2 is 1.77 bits per heavy atom. The van der Waals surface area contributed by atoms with Crippen LogP contribution in [0.2, 0.25) is 0 Å². The van der Waals surface area contributed by atoms with Gasteiger partial charge in [0.15, 0.2) is 0 Å². The molecule has 0 aromatic heterocycles. The average molecular weight is 232 g/mol. The summed E-state index contributed by atoms with van der Waals surface area (Å²) in [5.74, 6) is 0. The molecule has 0 spiro atoms. The molecule has 62 valence electrons. The molecule has 1 nitrogen and oxygen atoms in total. The van der Waals surface area contributed by atoms with Crippen molar-refractivity contribution in [1.82, 2.24) is 0 Å². The predicted octanol–water partition coefficient (Wildman–Crippen LogP) is 3.47. The van der Waals surface area contributed by atoms with Gasteiger partial charge in [0.05, 0.1) is 11.6 Å². The van der Waals surface area contributed by atoms with E-state index < -0.39 is 0 Å². The lowest BCUT2D eigenvalue weighted by molar-refractivity contribution is 1.49. The zero-order valence-electron chi connectivity index (χ0n) is 6.79. The third-order valence-electron chi connectivity index (χ3n) is 1.93. The highest BCUT2D eigenvalue weighted by molar-refractivity contribution is 9.10. The Morgan fingerprint density at radius 3 is 2.54 bits per heavy atom. The SMILES string of the molecule is N#Cc1ccc2ccc(Br)cc2c1. The van der Waals surface area contributed by atoms with E-state index in [0.29, 0.717) is 5.56 Å². The second kappa shape index (κ2) is 3.20. The van der Waals surface area contributed by atoms with Crippen LogP contribution in [0.25, 0.3) is 10.8 Å². The lowest BCUT2D eigenvalue weighted by Crippen LogP contribution is -1.76. The molecular weight excluding hydrogens is 226 g/mol. The highest BCUT2D eigenvalue weighted by atomic mass is 79.9. The smallest absolute Gasteiger partial charge is 0.0991 e. The summed E-state index contributed by atoms with van der Waals surface area (Å²) in [4.78, 5) is 0. The maximum Gasteiger partial charge on any atom is 0.0991 e. The van der Waals surface area contributed by atoms with Crippen LogP contribution in [-0.4, -0.2) is 0 Å². The van der Waals surface area contributed by atoms with E-state index in [1.54, 1.807) is 0 Å². The predicted molar refractivity (Wildman–Crippen MR) is 56.4 cm³/mol. The summed E-state index contributed by atoms with van der Waals surface area (Å²) in [6, 6.07) is 13.8. The molecule has 0 saturated heterocycles. The number of nitriles is 1. The lowest BCUT2D eigenvalue weighted by atomic mass is 10.1. The molecule has 0 aliphatic heterocycles. The van der Waals surface area contributed by atoms with Gasteiger partial charge in [0, 0.05) is 4.47 Å². The monoisotopic (exact) mass is 231 g/mol. The van der Waals surface area contributed by atoms with E-state index in [-0.39, 0.29) is 0 Å². The molecular formula is C11H6BrN. The molecule has 0 fully saturated rings. The summed E-state index contributed by atoms with van der Waals surface area (Å²) in [5, 5.41) is 11.0. The van der Waals surface area contributed by atoms with Gasteiger partial charge in [-0.2, -0.15) is 5.26 Å². The second-order valence-electron chi connectivity index (χ2n) is 2.82. The molecule has 0 unspecified atom stereocenters. The van der Waals surface area contributed by atoms with Gasteiger partial charge in [-0.05, 0) is 35.0 Å². The third kappa shape index (κ3) is 1.56. The summed E-state index contributed by atoms with van der Waals surface area (Å²) in [6.07, 6.45) is 0. The van der Waals surface area contributed by atoms with Crippen LogP contribution in [-0.2, 0) is 0 Å². The van der Waals surface area contributed by atoms with Gasteiger partial charge in [-0.15, -0.1) is 0 Å². The zero-order chi connectivity index (χ0) is 9.26. The molecule has 0 aliphatic carbocycles. The Balaban J connectivity index is 2.77. The fourth-order valence-corrected chi connectivity index (χ4v) is 1.67. The van der Waals surface area contributed by atoms with Gasteiger partial charge in [-0.3, -0.25) is 0 Å². The molecule has 2 rings (SSSR count). The molecule has 13 heavy (non-hydrogen) atoms. The fraction of sp³-hybridized carbons (Fsp3) is 0. The first-order chi connectivity index (χ1) is 6.29. The van der Waals surface area contributed by atoms with Gasteiger partial charge < -0.3 is 0 Å². The third-order valence-corrected chi connectivity index (χ3v) is 2.42. The van der Waals surface area contributed by atoms with Crippen LogP contribution < -0.4 is 0 Å². The van der Waals surface area contributed by atoms with Crippen molar-refractivity contribution in [2.24, 2.45) is 0 Å². The van der Waals surface area contributed by atoms with E-state index in [2.05, 4.69) is 22.0 Å². The van der Waals surface area contributed by atoms with Crippen molar-refractivity contribution in [2.45, 2.75) is 0 Å². The van der Waals surface area contributed by atoms with Crippen molar-refractivity contribution in [3.63, 3.8) is 0 Å². The highest BCUT2D eigenvalue weighted by Crippen LogP contribution is 2.20. The van der Waals surface area contributed by atoms with Gasteiger partial charge in [0.1, 0.15) is 0 Å². The van der Waals surface area contributed by atoms with Gasteiger partial charge in [-0.1, -0.05) is 28.1 Å². The maximum absolute atomic E-state index is 8.70. The fourth-order valence-electron chi connectivity index (χ4n) is 1.29. The summed E-state index contributed by atoms with van der Waals surface area (Å²) in [7, 11) is 0. The van der Waals surface area contributed by atoms with Gasteiger partial charge in [-0.25, -0.2) is 0 Å². The van der Waals surface area contributed by atoms with Crippen molar-refractivity contribution in [2.75, 3.05) is 0 Å². The Hall–Kier alpha value is -1.33. The van der Waals surface area contributed by atoms with Crippen LogP contribution in [0, 0.1) is 11.3 Å². The summed E-state index contributed by atoms with van der Waals surface area (Å²) in [6.45, 7) is 0. The minimum absolute atomic E-state index is 0.700. The molecule has 0 amide bonds. The van der Waals surface area contributed by atoms with Crippen molar-refractivity contribution < 1.29 is 0 Å². The van der Waals surface area contributed by atoms with Crippen LogP contribution in [0.3, 0.4) is 0 Å². The van der Waals surface area contributed by atoms with E-state index in [9.17, 15) is 0 Å². The van der Waals surface area contributed by atoms with Crippen LogP contribution in [0.5, 0.6) is 0 Å². The van der Waals surface area contributed by atoms with Crippen molar-refractivity contribution >= 4 is 26.7 Å². The average Bonchev–Trinajstić information content (AvgIpc) is 2.16. The van der Waals surface area contributed by atoms with E-state index in [0.717, 1.165) is 15.2 Å². The lowest BCUT2D eigenvalue weighted by Gasteiger charge is -1.98. The summed E-state index contributed by atoms with van der Waals surface area (Å²) >= 11 is 3.40. The van der Waals surface area contributed by atoms with E-state index in [1.165, 1.54) is 0 Å². The number of hydrogen-bond acceptors (Lipinski definition) is 1. The summed E-state index contributed by atoms with van der Waals surface area (Å²) in [5.41, 5.74) is 0.700. The van der Waals surface area contributed by atoms with E-state index >= 15 is 0 Å². The molecule has 2 heteroatoms. The molecule has 0 N–H and O–H groups in total. The van der Waals surface area contributed by atoms with Gasteiger partial charge in [0.25, 0.3) is 0 Å². The number of fused-ring (bicyclic) bond motifs is 1. The minimum Gasteiger partial charge on any atom is -0.192 e. The topological polar surface area (TPSA) is 23.8 Å². The Morgan fingerprint density at radius 1 is 1.00 bits per heavy atom. The largest absolute Gasteiger partial charge is 0.192 e. The van der Waals surface area contributed by atoms with Crippen LogP contribution >= 0.6 is 15.9 Å². The molecule has 2 aromatic carbocycles. The molecule has 0 aliphatic rings. The Labute approximate surface area is 84.7 Å². The van der Waals surface area contributed by atoms with E-state index in [1.807, 2.05) is 36.4 Å². The van der Waals surface area contributed by atoms with Gasteiger partial charge in [0.2, 0.25) is 0 Å². The molecule has 0 saturated carbocycles. The van der Waals surface area contributed by atoms with Crippen molar-refractivity contribution in [1.29, 1.82) is 5.26 Å². The standard InChI is InChI=1S/C11H6BrN/c12-11-4-3-9-2-1-8(7-13)5-10(9)6-11/h1-6H. The summed E-state index contributed by atoms with van der Waals surface area (Å²) < 4.78 is 1.04. The zero-order valence-corrected chi connectivity index (χ0v) is 8.38. The van der Waals surface area contributed by atoms with Crippen LogP contribution in [0.15, 0.2) is 40.9 Å². The highest BCUT2D eigenvalue weighted by Gasteiger charge is 1.95. The van der Waals surface area contributed by atoms with Crippen LogP contribution in [0.4, 0.5) is 0 Å². The quantitative estimate of drug-likeness (QED) is 0.682. The first kappa shape index (κ1) is 8.28. The maximum atomic E-state index is 8.70. The van der Waals surface area contributed by atoms with Crippen molar-refractivity contribution in [3.05, 3.63) is 46.4 Å². The number of nitrogens with zero attached hydrogens (tertiary/aromatic N) is 1. The molecule has 0 atom stereocenters. The van der Waals surface area contributed by atoms with Gasteiger partial charge >= 0.3 is 0 Å². The number of benzene rings is 2. The molecule has 2 aromatic rings. The first-order valence-corrected chi connectivity index (χ1v) is 4.68. The van der Waals surface area contributed by atoms with Crippen LogP contribution in [0.1, 0.15) is 5.56 Å². The Bertz CT molecular complexity index is 497. The first-order valence-electron chi connectivity index (χ1n) is 3.89. The molecule has 0 heterocycles. The van der Waals surface area contributed by atoms with E-state index in [4.69, 9.17) is 5.26 Å². The van der Waals surface area contributed by atoms with Crippen molar-refractivity contribution in [3.8, 4) is 6.07 Å². The number of rotatable bonds is 0. The number of halogens is 1. The molecule has 0 radical (unpaired) electrons. The molecule has 0 bridgehead atoms. The normalized spacial score (nSPS) is 9.85. The number of hydrogen-bond donors (Lipinski definition) is 0. The second-order valence-corrected chi connectivity index (χ2v) is 3.73. The minimum atomic E-state index is 0.700.